The number of hydrogen-bond acceptors (Lipinski definition) is 5. The monoisotopic (exact) mass is 422 g/mol. The van der Waals surface area contributed by atoms with Gasteiger partial charge in [0.15, 0.2) is 0 Å². The van der Waals surface area contributed by atoms with Crippen LogP contribution in [-0.4, -0.2) is 63.8 Å². The first-order valence-corrected chi connectivity index (χ1v) is 11.5. The van der Waals surface area contributed by atoms with Crippen LogP contribution in [0.15, 0.2) is 23.1 Å². The van der Waals surface area contributed by atoms with Crippen LogP contribution < -0.4 is 15.1 Å². The van der Waals surface area contributed by atoms with E-state index in [0.29, 0.717) is 5.69 Å². The predicted octanol–water partition coefficient (Wildman–Crippen LogP) is 1.56. The molecule has 1 aromatic rings. The van der Waals surface area contributed by atoms with Crippen LogP contribution >= 0.6 is 0 Å². The summed E-state index contributed by atoms with van der Waals surface area (Å²) in [7, 11) is -0.715. The highest BCUT2D eigenvalue weighted by molar-refractivity contribution is 7.89. The molecule has 0 saturated carbocycles. The topological polar surface area (TPSA) is 90.0 Å². The molecule has 2 aliphatic rings. The number of amides is 2. The third-order valence-corrected chi connectivity index (χ3v) is 7.51. The summed E-state index contributed by atoms with van der Waals surface area (Å²) in [6.07, 6.45) is 3.47. The van der Waals surface area contributed by atoms with Gasteiger partial charge in [-0.2, -0.15) is 0 Å². The van der Waals surface area contributed by atoms with E-state index in [1.807, 2.05) is 13.8 Å². The summed E-state index contributed by atoms with van der Waals surface area (Å²) in [5.74, 6) is -0.389. The van der Waals surface area contributed by atoms with Gasteiger partial charge in [0.1, 0.15) is 12.6 Å². The molecular formula is C20H30N4O4S. The number of anilines is 2. The number of nitrogens with one attached hydrogen (secondary N) is 1. The van der Waals surface area contributed by atoms with Crippen molar-refractivity contribution in [2.45, 2.75) is 56.5 Å². The minimum atomic E-state index is -3.66. The van der Waals surface area contributed by atoms with Crippen LogP contribution in [0.25, 0.3) is 0 Å². The molecule has 0 bridgehead atoms. The zero-order valence-electron chi connectivity index (χ0n) is 17.5. The molecule has 2 heterocycles. The van der Waals surface area contributed by atoms with Crippen molar-refractivity contribution in [1.29, 1.82) is 0 Å². The number of carbonyl (C=O) groups excluding carboxylic acids is 2. The Morgan fingerprint density at radius 3 is 2.66 bits per heavy atom. The Bertz CT molecular complexity index is 900. The van der Waals surface area contributed by atoms with Crippen LogP contribution in [0.3, 0.4) is 0 Å². The van der Waals surface area contributed by atoms with E-state index in [4.69, 9.17) is 0 Å². The van der Waals surface area contributed by atoms with Crippen LogP contribution in [0.2, 0.25) is 0 Å². The van der Waals surface area contributed by atoms with E-state index in [9.17, 15) is 18.0 Å². The molecule has 2 atom stereocenters. The van der Waals surface area contributed by atoms with Crippen LogP contribution in [0, 0.1) is 0 Å². The van der Waals surface area contributed by atoms with Crippen molar-refractivity contribution >= 4 is 33.2 Å². The lowest BCUT2D eigenvalue weighted by Crippen LogP contribution is -2.57. The van der Waals surface area contributed by atoms with Gasteiger partial charge in [0.25, 0.3) is 0 Å². The molecule has 1 fully saturated rings. The van der Waals surface area contributed by atoms with Crippen molar-refractivity contribution in [1.82, 2.24) is 9.62 Å². The van der Waals surface area contributed by atoms with Gasteiger partial charge in [0.05, 0.1) is 16.3 Å². The Morgan fingerprint density at radius 2 is 2.00 bits per heavy atom. The molecule has 1 saturated heterocycles. The number of hydrogen-bond donors (Lipinski definition) is 1. The first-order valence-electron chi connectivity index (χ1n) is 10.1. The van der Waals surface area contributed by atoms with Crippen molar-refractivity contribution in [3.8, 4) is 0 Å². The van der Waals surface area contributed by atoms with E-state index in [1.165, 1.54) is 25.1 Å². The summed E-state index contributed by atoms with van der Waals surface area (Å²) >= 11 is 0. The fourth-order valence-corrected chi connectivity index (χ4v) is 4.76. The molecule has 0 spiro atoms. The van der Waals surface area contributed by atoms with E-state index >= 15 is 0 Å². The highest BCUT2D eigenvalue weighted by Crippen LogP contribution is 2.40. The van der Waals surface area contributed by atoms with Gasteiger partial charge in [-0.3, -0.25) is 14.5 Å². The molecule has 2 amide bonds. The summed E-state index contributed by atoms with van der Waals surface area (Å²) < 4.78 is 26.4. The zero-order valence-corrected chi connectivity index (χ0v) is 18.3. The first-order chi connectivity index (χ1) is 13.7. The van der Waals surface area contributed by atoms with E-state index < -0.39 is 10.0 Å². The highest BCUT2D eigenvalue weighted by Gasteiger charge is 2.40. The average Bonchev–Trinajstić information content (AvgIpc) is 2.70. The van der Waals surface area contributed by atoms with Crippen LogP contribution in [0.1, 0.15) is 39.5 Å². The van der Waals surface area contributed by atoms with Gasteiger partial charge in [-0.15, -0.1) is 0 Å². The lowest BCUT2D eigenvalue weighted by Gasteiger charge is -2.45. The largest absolute Gasteiger partial charge is 0.358 e. The summed E-state index contributed by atoms with van der Waals surface area (Å²) in [6.45, 7) is 4.52. The first kappa shape index (κ1) is 21.6. The van der Waals surface area contributed by atoms with Gasteiger partial charge < -0.3 is 10.2 Å². The fourth-order valence-electron chi connectivity index (χ4n) is 3.84. The van der Waals surface area contributed by atoms with Crippen LogP contribution in [0.5, 0.6) is 0 Å². The van der Waals surface area contributed by atoms with E-state index in [0.717, 1.165) is 42.2 Å². The molecule has 1 N–H and O–H groups in total. The highest BCUT2D eigenvalue weighted by atomic mass is 32.2. The van der Waals surface area contributed by atoms with E-state index in [1.54, 1.807) is 12.1 Å². The molecule has 0 aliphatic carbocycles. The second-order valence-electron chi connectivity index (χ2n) is 7.94. The Balaban J connectivity index is 2.04. The molecule has 0 radical (unpaired) electrons. The normalized spacial score (nSPS) is 20.3. The molecule has 160 valence electrons. The van der Waals surface area contributed by atoms with Crippen molar-refractivity contribution in [2.75, 3.05) is 37.0 Å². The number of piperidine rings is 1. The van der Waals surface area contributed by atoms with Crippen molar-refractivity contribution in [3.63, 3.8) is 0 Å². The van der Waals surface area contributed by atoms with Gasteiger partial charge in [0, 0.05) is 26.7 Å². The van der Waals surface area contributed by atoms with Crippen molar-refractivity contribution < 1.29 is 18.0 Å². The van der Waals surface area contributed by atoms with Gasteiger partial charge in [-0.1, -0.05) is 6.92 Å². The SMILES string of the molecule is CC[C@@H](C)NC(=O)CN1C(=O)[C@H]2CCCCN2c2ccc(S(=O)(=O)N(C)C)cc21. The summed E-state index contributed by atoms with van der Waals surface area (Å²) in [5, 5.41) is 2.89. The molecular weight excluding hydrogens is 392 g/mol. The minimum Gasteiger partial charge on any atom is -0.358 e. The van der Waals surface area contributed by atoms with E-state index in [2.05, 4.69) is 10.2 Å². The zero-order chi connectivity index (χ0) is 21.3. The number of fused-ring (bicyclic) bond motifs is 3. The Labute approximate surface area is 172 Å². The summed E-state index contributed by atoms with van der Waals surface area (Å²) in [4.78, 5) is 29.4. The van der Waals surface area contributed by atoms with Crippen molar-refractivity contribution in [3.05, 3.63) is 18.2 Å². The number of carbonyl (C=O) groups is 2. The molecule has 8 nitrogen and oxygen atoms in total. The summed E-state index contributed by atoms with van der Waals surface area (Å²) in [6, 6.07) is 4.56. The average molecular weight is 423 g/mol. The molecule has 1 aromatic carbocycles. The Kier molecular flexibility index (Phi) is 6.19. The Morgan fingerprint density at radius 1 is 1.28 bits per heavy atom. The van der Waals surface area contributed by atoms with Gasteiger partial charge in [-0.05, 0) is 50.8 Å². The smallest absolute Gasteiger partial charge is 0.250 e. The van der Waals surface area contributed by atoms with Gasteiger partial charge in [-0.25, -0.2) is 12.7 Å². The fraction of sp³-hybridized carbons (Fsp3) is 0.600. The lowest BCUT2D eigenvalue weighted by molar-refractivity contribution is -0.125. The Hall–Kier alpha value is -2.13. The number of sulfonamides is 1. The molecule has 9 heteroatoms. The molecule has 2 aliphatic heterocycles. The van der Waals surface area contributed by atoms with Crippen LogP contribution in [0.4, 0.5) is 11.4 Å². The number of rotatable bonds is 6. The van der Waals surface area contributed by atoms with Gasteiger partial charge >= 0.3 is 0 Å². The minimum absolute atomic E-state index is 0.00787. The molecule has 3 rings (SSSR count). The maximum Gasteiger partial charge on any atom is 0.250 e. The second-order valence-corrected chi connectivity index (χ2v) is 10.1. The standard InChI is InChI=1S/C20H30N4O4S/c1-5-14(2)21-19(25)13-24-18-12-15(29(27,28)22(3)4)9-10-16(18)23-11-7-6-8-17(23)20(24)26/h9-10,12,14,17H,5-8,11,13H2,1-4H3,(H,21,25)/t14-,17-/m1/s1. The number of nitrogens with zero attached hydrogens (tertiary/aromatic N) is 3. The predicted molar refractivity (Wildman–Crippen MR) is 113 cm³/mol. The second kappa shape index (κ2) is 8.31. The third-order valence-electron chi connectivity index (χ3n) is 5.70. The number of benzene rings is 1. The molecule has 0 unspecified atom stereocenters. The van der Waals surface area contributed by atoms with Crippen LogP contribution in [-0.2, 0) is 19.6 Å². The maximum atomic E-state index is 13.3. The molecule has 0 aromatic heterocycles. The summed E-state index contributed by atoms with van der Waals surface area (Å²) in [5.41, 5.74) is 1.29. The molecule has 29 heavy (non-hydrogen) atoms. The third kappa shape index (κ3) is 4.11. The maximum absolute atomic E-state index is 13.3. The quantitative estimate of drug-likeness (QED) is 0.751. The lowest BCUT2D eigenvalue weighted by atomic mass is 9.96. The van der Waals surface area contributed by atoms with Crippen molar-refractivity contribution in [2.24, 2.45) is 0 Å². The van der Waals surface area contributed by atoms with E-state index in [-0.39, 0.29) is 35.3 Å². The van der Waals surface area contributed by atoms with Gasteiger partial charge in [0.2, 0.25) is 21.8 Å².